The molecule has 0 fully saturated rings. The van der Waals surface area contributed by atoms with Gasteiger partial charge in [0.25, 0.3) is 0 Å². The van der Waals surface area contributed by atoms with Crippen LogP contribution in [0.5, 0.6) is 0 Å². The van der Waals surface area contributed by atoms with Crippen LogP contribution in [0.3, 0.4) is 0 Å². The highest BCUT2D eigenvalue weighted by Crippen LogP contribution is 2.25. The first kappa shape index (κ1) is 15.7. The third-order valence-corrected chi connectivity index (χ3v) is 3.49. The fraction of sp³-hybridized carbons (Fsp3) is 0.0625. The van der Waals surface area contributed by atoms with Crippen molar-refractivity contribution in [1.29, 1.82) is 0 Å². The van der Waals surface area contributed by atoms with Crippen LogP contribution in [0, 0.1) is 5.82 Å². The summed E-state index contributed by atoms with van der Waals surface area (Å²) in [5.74, 6) is -0.563. The lowest BCUT2D eigenvalue weighted by atomic mass is 10.1. The zero-order chi connectivity index (χ0) is 18.1. The van der Waals surface area contributed by atoms with Crippen LogP contribution in [-0.4, -0.2) is 41.3 Å². The quantitative estimate of drug-likeness (QED) is 0.579. The third kappa shape index (κ3) is 2.95. The van der Waals surface area contributed by atoms with Gasteiger partial charge in [0.2, 0.25) is 11.9 Å². The van der Waals surface area contributed by atoms with E-state index in [1.54, 1.807) is 12.1 Å². The minimum absolute atomic E-state index is 0.0897. The molecule has 0 unspecified atom stereocenters. The molecule has 1 aromatic carbocycles. The topological polar surface area (TPSA) is 122 Å². The second-order valence-electron chi connectivity index (χ2n) is 5.37. The Morgan fingerprint density at radius 2 is 1.88 bits per heavy atom. The average molecular weight is 350 g/mol. The molecular formula is C16H11FN8O. The Morgan fingerprint density at radius 1 is 1.08 bits per heavy atom. The maximum absolute atomic E-state index is 13.1. The van der Waals surface area contributed by atoms with Gasteiger partial charge in [0.1, 0.15) is 22.7 Å². The van der Waals surface area contributed by atoms with E-state index < -0.39 is 0 Å². The Labute approximate surface area is 145 Å². The second-order valence-corrected chi connectivity index (χ2v) is 5.37. The molecule has 10 heteroatoms. The van der Waals surface area contributed by atoms with Gasteiger partial charge in [-0.15, -0.1) is 0 Å². The number of carbonyl (C=O) groups is 1. The van der Waals surface area contributed by atoms with E-state index in [0.29, 0.717) is 28.2 Å². The first-order chi connectivity index (χ1) is 12.6. The van der Waals surface area contributed by atoms with Crippen molar-refractivity contribution >= 4 is 23.0 Å². The van der Waals surface area contributed by atoms with Gasteiger partial charge >= 0.3 is 0 Å². The van der Waals surface area contributed by atoms with E-state index in [1.807, 2.05) is 0 Å². The summed E-state index contributed by atoms with van der Waals surface area (Å²) in [5, 5.41) is 12.8. The fourth-order valence-corrected chi connectivity index (χ4v) is 2.37. The maximum Gasteiger partial charge on any atom is 0.232 e. The zero-order valence-electron chi connectivity index (χ0n) is 13.4. The summed E-state index contributed by atoms with van der Waals surface area (Å²) < 4.78 is 13.1. The van der Waals surface area contributed by atoms with Crippen LogP contribution in [0.15, 0.2) is 36.7 Å². The zero-order valence-corrected chi connectivity index (χ0v) is 13.4. The van der Waals surface area contributed by atoms with Crippen molar-refractivity contribution in [2.75, 3.05) is 5.32 Å². The van der Waals surface area contributed by atoms with Gasteiger partial charge in [-0.3, -0.25) is 10.1 Å². The van der Waals surface area contributed by atoms with Gasteiger partial charge in [0.05, 0.1) is 18.1 Å². The number of halogens is 1. The Hall–Kier alpha value is -3.82. The number of anilines is 1. The minimum Gasteiger partial charge on any atom is -0.295 e. The second kappa shape index (κ2) is 6.24. The standard InChI is InChI=1S/C16H11FN8O/c1-8(26)20-16-22-13(12-7-19-25-24-12)14-15(23-16)18-6-11(21-14)9-2-4-10(17)5-3-9/h2-7H,1H3,(H,19,24,25)(H,18,20,22,23,26). The van der Waals surface area contributed by atoms with Gasteiger partial charge in [0, 0.05) is 12.5 Å². The number of amides is 1. The highest BCUT2D eigenvalue weighted by molar-refractivity contribution is 5.91. The lowest BCUT2D eigenvalue weighted by Gasteiger charge is -2.07. The number of fused-ring (bicyclic) bond motifs is 1. The van der Waals surface area contributed by atoms with Crippen LogP contribution in [0.4, 0.5) is 10.3 Å². The summed E-state index contributed by atoms with van der Waals surface area (Å²) in [6, 6.07) is 5.90. The summed E-state index contributed by atoms with van der Waals surface area (Å²) in [6.07, 6.45) is 3.00. The smallest absolute Gasteiger partial charge is 0.232 e. The highest BCUT2D eigenvalue weighted by atomic mass is 19.1. The van der Waals surface area contributed by atoms with Crippen molar-refractivity contribution < 1.29 is 9.18 Å². The molecule has 0 bridgehead atoms. The number of aromatic nitrogens is 7. The van der Waals surface area contributed by atoms with Crippen molar-refractivity contribution in [1.82, 2.24) is 35.3 Å². The number of nitrogens with one attached hydrogen (secondary N) is 2. The first-order valence-corrected chi connectivity index (χ1v) is 7.54. The molecule has 26 heavy (non-hydrogen) atoms. The predicted molar refractivity (Wildman–Crippen MR) is 90.2 cm³/mol. The molecule has 4 rings (SSSR count). The van der Waals surface area contributed by atoms with Crippen LogP contribution in [0.25, 0.3) is 33.8 Å². The average Bonchev–Trinajstić information content (AvgIpc) is 3.15. The van der Waals surface area contributed by atoms with Gasteiger partial charge in [-0.2, -0.15) is 20.4 Å². The van der Waals surface area contributed by atoms with Crippen LogP contribution < -0.4 is 5.32 Å². The lowest BCUT2D eigenvalue weighted by molar-refractivity contribution is -0.114. The van der Waals surface area contributed by atoms with Crippen LogP contribution in [-0.2, 0) is 4.79 Å². The van der Waals surface area contributed by atoms with E-state index in [4.69, 9.17) is 0 Å². The van der Waals surface area contributed by atoms with Gasteiger partial charge < -0.3 is 0 Å². The molecule has 2 N–H and O–H groups in total. The third-order valence-electron chi connectivity index (χ3n) is 3.49. The van der Waals surface area contributed by atoms with Crippen molar-refractivity contribution in [2.24, 2.45) is 0 Å². The predicted octanol–water partition coefficient (Wildman–Crippen LogP) is 1.97. The number of hydrogen-bond donors (Lipinski definition) is 2. The van der Waals surface area contributed by atoms with Gasteiger partial charge in [-0.1, -0.05) is 0 Å². The first-order valence-electron chi connectivity index (χ1n) is 7.54. The van der Waals surface area contributed by atoms with Crippen molar-refractivity contribution in [3.63, 3.8) is 0 Å². The SMILES string of the molecule is CC(=O)Nc1nc(-c2cn[nH]n2)c2nc(-c3ccc(F)cc3)cnc2n1. The molecule has 9 nitrogen and oxygen atoms in total. The fourth-order valence-electron chi connectivity index (χ4n) is 2.37. The molecule has 0 saturated carbocycles. The Morgan fingerprint density at radius 3 is 2.58 bits per heavy atom. The van der Waals surface area contributed by atoms with Gasteiger partial charge in [-0.05, 0) is 24.3 Å². The van der Waals surface area contributed by atoms with E-state index >= 15 is 0 Å². The molecule has 0 aliphatic rings. The molecule has 128 valence electrons. The van der Waals surface area contributed by atoms with E-state index in [-0.39, 0.29) is 23.3 Å². The summed E-state index contributed by atoms with van der Waals surface area (Å²) >= 11 is 0. The molecule has 1 amide bonds. The monoisotopic (exact) mass is 350 g/mol. The lowest BCUT2D eigenvalue weighted by Crippen LogP contribution is -2.11. The maximum atomic E-state index is 13.1. The molecule has 0 saturated heterocycles. The number of nitrogens with zero attached hydrogens (tertiary/aromatic N) is 6. The van der Waals surface area contributed by atoms with Gasteiger partial charge in [-0.25, -0.2) is 19.3 Å². The molecule has 0 aliphatic heterocycles. The van der Waals surface area contributed by atoms with Crippen LogP contribution in [0.2, 0.25) is 0 Å². The summed E-state index contributed by atoms with van der Waals surface area (Å²) in [6.45, 7) is 1.35. The molecule has 0 atom stereocenters. The van der Waals surface area contributed by atoms with Gasteiger partial charge in [0.15, 0.2) is 5.65 Å². The normalized spacial score (nSPS) is 10.8. The number of benzene rings is 1. The Bertz CT molecular complexity index is 1100. The molecule has 0 radical (unpaired) electrons. The molecule has 3 aromatic heterocycles. The molecule has 3 heterocycles. The molecular weight excluding hydrogens is 339 g/mol. The number of hydrogen-bond acceptors (Lipinski definition) is 7. The molecule has 0 aliphatic carbocycles. The highest BCUT2D eigenvalue weighted by Gasteiger charge is 2.16. The molecule has 0 spiro atoms. The van der Waals surface area contributed by atoms with Crippen molar-refractivity contribution in [3.8, 4) is 22.6 Å². The number of H-pyrrole nitrogens is 1. The number of carbonyl (C=O) groups excluding carboxylic acids is 1. The number of aromatic amines is 1. The molecule has 4 aromatic rings. The largest absolute Gasteiger partial charge is 0.295 e. The van der Waals surface area contributed by atoms with E-state index in [9.17, 15) is 9.18 Å². The Balaban J connectivity index is 1.92. The number of rotatable bonds is 3. The van der Waals surface area contributed by atoms with Crippen LogP contribution in [0.1, 0.15) is 6.92 Å². The van der Waals surface area contributed by atoms with Crippen molar-refractivity contribution in [3.05, 3.63) is 42.5 Å². The van der Waals surface area contributed by atoms with E-state index in [1.165, 1.54) is 31.5 Å². The summed E-state index contributed by atoms with van der Waals surface area (Å²) in [7, 11) is 0. The van der Waals surface area contributed by atoms with Crippen LogP contribution >= 0.6 is 0 Å². The summed E-state index contributed by atoms with van der Waals surface area (Å²) in [5.41, 5.74) is 2.68. The Kier molecular flexibility index (Phi) is 3.77. The van der Waals surface area contributed by atoms with E-state index in [0.717, 1.165) is 0 Å². The summed E-state index contributed by atoms with van der Waals surface area (Å²) in [4.78, 5) is 28.7. The van der Waals surface area contributed by atoms with Crippen molar-refractivity contribution in [2.45, 2.75) is 6.92 Å². The van der Waals surface area contributed by atoms with E-state index in [2.05, 4.69) is 40.7 Å². The minimum atomic E-state index is -0.339.